The van der Waals surface area contributed by atoms with Crippen LogP contribution in [-0.4, -0.2) is 19.8 Å². The van der Waals surface area contributed by atoms with Gasteiger partial charge in [-0.3, -0.25) is 0 Å². The van der Waals surface area contributed by atoms with Gasteiger partial charge in [-0.1, -0.05) is 27.5 Å². The van der Waals surface area contributed by atoms with Crippen molar-refractivity contribution in [1.29, 1.82) is 0 Å². The maximum atomic E-state index is 5.98. The van der Waals surface area contributed by atoms with Gasteiger partial charge in [0.15, 0.2) is 0 Å². The predicted octanol–water partition coefficient (Wildman–Crippen LogP) is 3.62. The van der Waals surface area contributed by atoms with Crippen LogP contribution in [0.1, 0.15) is 18.4 Å². The molecule has 17 heavy (non-hydrogen) atoms. The lowest BCUT2D eigenvalue weighted by Gasteiger charge is -2.22. The third-order valence-electron chi connectivity index (χ3n) is 3.10. The van der Waals surface area contributed by atoms with Gasteiger partial charge in [-0.25, -0.2) is 0 Å². The minimum Gasteiger partial charge on any atom is -0.381 e. The van der Waals surface area contributed by atoms with Crippen LogP contribution >= 0.6 is 27.5 Å². The first kappa shape index (κ1) is 13.3. The molecule has 2 nitrogen and oxygen atoms in total. The molecule has 0 atom stereocenters. The molecule has 1 aromatic carbocycles. The van der Waals surface area contributed by atoms with E-state index in [9.17, 15) is 0 Å². The molecule has 2 rings (SSSR count). The van der Waals surface area contributed by atoms with Crippen molar-refractivity contribution in [3.63, 3.8) is 0 Å². The minimum atomic E-state index is 0.752. The summed E-state index contributed by atoms with van der Waals surface area (Å²) in [6.07, 6.45) is 2.34. The molecule has 1 fully saturated rings. The predicted molar refractivity (Wildman–Crippen MR) is 74.4 cm³/mol. The highest BCUT2D eigenvalue weighted by Gasteiger charge is 2.13. The van der Waals surface area contributed by atoms with E-state index in [0.29, 0.717) is 0 Å². The number of nitrogens with one attached hydrogen (secondary N) is 1. The van der Waals surface area contributed by atoms with Gasteiger partial charge in [0.25, 0.3) is 0 Å². The van der Waals surface area contributed by atoms with Crippen LogP contribution in [0, 0.1) is 5.92 Å². The molecule has 94 valence electrons. The summed E-state index contributed by atoms with van der Waals surface area (Å²) in [6, 6.07) is 5.89. The van der Waals surface area contributed by atoms with Gasteiger partial charge in [0, 0.05) is 29.3 Å². The van der Waals surface area contributed by atoms with Crippen LogP contribution < -0.4 is 5.32 Å². The van der Waals surface area contributed by atoms with Crippen molar-refractivity contribution in [3.05, 3.63) is 33.3 Å². The van der Waals surface area contributed by atoms with E-state index in [0.717, 1.165) is 41.7 Å². The first-order valence-corrected chi connectivity index (χ1v) is 7.15. The smallest absolute Gasteiger partial charge is 0.0469 e. The molecule has 0 radical (unpaired) electrons. The Bertz CT molecular complexity index is 366. The lowest BCUT2D eigenvalue weighted by Crippen LogP contribution is -2.27. The summed E-state index contributed by atoms with van der Waals surface area (Å²) >= 11 is 9.52. The van der Waals surface area contributed by atoms with E-state index < -0.39 is 0 Å². The fourth-order valence-electron chi connectivity index (χ4n) is 2.04. The van der Waals surface area contributed by atoms with Gasteiger partial charge in [-0.15, -0.1) is 0 Å². The summed E-state index contributed by atoms with van der Waals surface area (Å²) in [5.41, 5.74) is 1.21. The van der Waals surface area contributed by atoms with Gasteiger partial charge in [0.1, 0.15) is 0 Å². The van der Waals surface area contributed by atoms with Gasteiger partial charge in [-0.05, 0) is 49.1 Å². The number of benzene rings is 1. The van der Waals surface area contributed by atoms with Crippen molar-refractivity contribution in [2.75, 3.05) is 19.8 Å². The van der Waals surface area contributed by atoms with Crippen LogP contribution in [0.3, 0.4) is 0 Å². The van der Waals surface area contributed by atoms with Crippen LogP contribution in [0.5, 0.6) is 0 Å². The van der Waals surface area contributed by atoms with E-state index in [1.165, 1.54) is 18.4 Å². The van der Waals surface area contributed by atoms with E-state index >= 15 is 0 Å². The molecular formula is C13H17BrClNO. The first-order valence-electron chi connectivity index (χ1n) is 5.98. The maximum Gasteiger partial charge on any atom is 0.0469 e. The third kappa shape index (κ3) is 4.25. The molecule has 4 heteroatoms. The minimum absolute atomic E-state index is 0.752. The highest BCUT2D eigenvalue weighted by atomic mass is 79.9. The van der Waals surface area contributed by atoms with Gasteiger partial charge < -0.3 is 10.1 Å². The zero-order valence-electron chi connectivity index (χ0n) is 9.72. The van der Waals surface area contributed by atoms with Gasteiger partial charge >= 0.3 is 0 Å². The van der Waals surface area contributed by atoms with Gasteiger partial charge in [0.2, 0.25) is 0 Å². The van der Waals surface area contributed by atoms with Crippen molar-refractivity contribution in [2.45, 2.75) is 19.4 Å². The molecule has 0 aromatic heterocycles. The summed E-state index contributed by atoms with van der Waals surface area (Å²) in [6.45, 7) is 3.74. The zero-order valence-corrected chi connectivity index (χ0v) is 12.1. The second-order valence-corrected chi connectivity index (χ2v) is 5.71. The highest BCUT2D eigenvalue weighted by Crippen LogP contribution is 2.21. The van der Waals surface area contributed by atoms with Crippen LogP contribution in [0.25, 0.3) is 0 Å². The van der Waals surface area contributed by atoms with E-state index in [-0.39, 0.29) is 0 Å². The Morgan fingerprint density at radius 2 is 2.12 bits per heavy atom. The lowest BCUT2D eigenvalue weighted by molar-refractivity contribution is 0.0662. The summed E-state index contributed by atoms with van der Waals surface area (Å²) in [7, 11) is 0. The maximum absolute atomic E-state index is 5.98. The number of halogens is 2. The summed E-state index contributed by atoms with van der Waals surface area (Å²) in [4.78, 5) is 0. The van der Waals surface area contributed by atoms with Gasteiger partial charge in [0.05, 0.1) is 0 Å². The first-order chi connectivity index (χ1) is 8.25. The van der Waals surface area contributed by atoms with E-state index in [4.69, 9.17) is 16.3 Å². The normalized spacial score (nSPS) is 17.3. The van der Waals surface area contributed by atoms with Crippen LogP contribution in [0.4, 0.5) is 0 Å². The molecule has 0 unspecified atom stereocenters. The van der Waals surface area contributed by atoms with Crippen molar-refractivity contribution >= 4 is 27.5 Å². The van der Waals surface area contributed by atoms with Crippen LogP contribution in [0.2, 0.25) is 5.02 Å². The molecule has 1 saturated heterocycles. The summed E-state index contributed by atoms with van der Waals surface area (Å²) in [5, 5.41) is 4.28. The zero-order chi connectivity index (χ0) is 12.1. The molecule has 0 amide bonds. The van der Waals surface area contributed by atoms with E-state index in [2.05, 4.69) is 21.2 Å². The molecular weight excluding hydrogens is 302 g/mol. The molecule has 1 aliphatic rings. The Labute approximate surface area is 116 Å². The Balaban J connectivity index is 1.79. The molecule has 0 spiro atoms. The molecule has 1 aromatic rings. The number of rotatable bonds is 4. The monoisotopic (exact) mass is 317 g/mol. The fourth-order valence-corrected chi connectivity index (χ4v) is 2.62. The van der Waals surface area contributed by atoms with Crippen LogP contribution in [0.15, 0.2) is 22.7 Å². The molecule has 0 aliphatic carbocycles. The summed E-state index contributed by atoms with van der Waals surface area (Å²) in [5.74, 6) is 0.752. The highest BCUT2D eigenvalue weighted by molar-refractivity contribution is 9.10. The standard InChI is InChI=1S/C13H17BrClNO/c14-13-2-1-12(15)7-11(13)9-16-8-10-3-5-17-6-4-10/h1-2,7,10,16H,3-6,8-9H2. The quantitative estimate of drug-likeness (QED) is 0.915. The molecule has 0 saturated carbocycles. The Hall–Kier alpha value is -0.0900. The van der Waals surface area contributed by atoms with Crippen molar-refractivity contribution < 1.29 is 4.74 Å². The van der Waals surface area contributed by atoms with Gasteiger partial charge in [-0.2, -0.15) is 0 Å². The Morgan fingerprint density at radius 1 is 1.35 bits per heavy atom. The van der Waals surface area contributed by atoms with E-state index in [1.807, 2.05) is 18.2 Å². The third-order valence-corrected chi connectivity index (χ3v) is 4.11. The lowest BCUT2D eigenvalue weighted by atomic mass is 10.0. The second kappa shape index (κ2) is 6.74. The summed E-state index contributed by atoms with van der Waals surface area (Å²) < 4.78 is 6.46. The van der Waals surface area contributed by atoms with E-state index in [1.54, 1.807) is 0 Å². The van der Waals surface area contributed by atoms with Crippen LogP contribution in [-0.2, 0) is 11.3 Å². The Kier molecular flexibility index (Phi) is 5.29. The van der Waals surface area contributed by atoms with Crippen molar-refractivity contribution in [1.82, 2.24) is 5.32 Å². The topological polar surface area (TPSA) is 21.3 Å². The Morgan fingerprint density at radius 3 is 2.88 bits per heavy atom. The fraction of sp³-hybridized carbons (Fsp3) is 0.538. The molecule has 1 heterocycles. The largest absolute Gasteiger partial charge is 0.381 e. The molecule has 1 aliphatic heterocycles. The number of hydrogen-bond acceptors (Lipinski definition) is 2. The average molecular weight is 319 g/mol. The second-order valence-electron chi connectivity index (χ2n) is 4.42. The molecule has 1 N–H and O–H groups in total. The number of hydrogen-bond donors (Lipinski definition) is 1. The number of ether oxygens (including phenoxy) is 1. The van der Waals surface area contributed by atoms with Crippen molar-refractivity contribution in [3.8, 4) is 0 Å². The average Bonchev–Trinajstić information content (AvgIpc) is 2.35. The SMILES string of the molecule is Clc1ccc(Br)c(CNCC2CCOCC2)c1. The van der Waals surface area contributed by atoms with Crippen molar-refractivity contribution in [2.24, 2.45) is 5.92 Å². The molecule has 0 bridgehead atoms.